The van der Waals surface area contributed by atoms with Crippen molar-refractivity contribution < 1.29 is 14.0 Å². The van der Waals surface area contributed by atoms with Gasteiger partial charge in [0.15, 0.2) is 0 Å². The van der Waals surface area contributed by atoms with E-state index in [4.69, 9.17) is 4.42 Å². The Kier molecular flexibility index (Phi) is 3.79. The molecule has 2 heterocycles. The molecule has 0 saturated carbocycles. The number of amides is 2. The van der Waals surface area contributed by atoms with Gasteiger partial charge in [-0.15, -0.1) is 0 Å². The standard InChI is InChI=1S/C20H19NO4/c1-2-12-7-8-14-13(10-18(22)25-17(14)9-12)11-21-19(23)15-5-3-4-6-16(15)20(21)24/h3-4,7-10,15-16H,2,5-6,11H2,1H3/t15-,16-/m0/s1. The number of benzene rings is 1. The summed E-state index contributed by atoms with van der Waals surface area (Å²) in [6, 6.07) is 7.10. The van der Waals surface area contributed by atoms with Crippen LogP contribution >= 0.6 is 0 Å². The van der Waals surface area contributed by atoms with Crippen molar-refractivity contribution in [1.82, 2.24) is 4.90 Å². The number of carbonyl (C=O) groups excluding carboxylic acids is 2. The normalized spacial score (nSPS) is 22.7. The van der Waals surface area contributed by atoms with Crippen molar-refractivity contribution in [1.29, 1.82) is 0 Å². The molecule has 2 amide bonds. The summed E-state index contributed by atoms with van der Waals surface area (Å²) in [7, 11) is 0. The van der Waals surface area contributed by atoms with Crippen molar-refractivity contribution in [2.75, 3.05) is 0 Å². The summed E-state index contributed by atoms with van der Waals surface area (Å²) in [5.41, 5.74) is 1.76. The fraction of sp³-hybridized carbons (Fsp3) is 0.350. The zero-order valence-corrected chi connectivity index (χ0v) is 14.0. The van der Waals surface area contributed by atoms with Crippen molar-refractivity contribution in [3.05, 3.63) is 58.0 Å². The van der Waals surface area contributed by atoms with Crippen LogP contribution in [0.25, 0.3) is 11.0 Å². The van der Waals surface area contributed by atoms with Gasteiger partial charge in [-0.05, 0) is 36.5 Å². The third kappa shape index (κ3) is 2.60. The molecule has 0 bridgehead atoms. The van der Waals surface area contributed by atoms with Gasteiger partial charge in [0.05, 0.1) is 18.4 Å². The van der Waals surface area contributed by atoms with Crippen LogP contribution in [-0.4, -0.2) is 16.7 Å². The van der Waals surface area contributed by atoms with Crippen LogP contribution in [0.2, 0.25) is 0 Å². The Morgan fingerprint density at radius 2 is 1.72 bits per heavy atom. The average molecular weight is 337 g/mol. The van der Waals surface area contributed by atoms with E-state index in [-0.39, 0.29) is 30.2 Å². The fourth-order valence-corrected chi connectivity index (χ4v) is 3.82. The average Bonchev–Trinajstić information content (AvgIpc) is 2.86. The van der Waals surface area contributed by atoms with Crippen LogP contribution in [0.3, 0.4) is 0 Å². The highest BCUT2D eigenvalue weighted by molar-refractivity contribution is 6.05. The summed E-state index contributed by atoms with van der Waals surface area (Å²) in [4.78, 5) is 38.5. The molecule has 5 nitrogen and oxygen atoms in total. The number of nitrogens with zero attached hydrogens (tertiary/aromatic N) is 1. The number of hydrogen-bond acceptors (Lipinski definition) is 4. The summed E-state index contributed by atoms with van der Waals surface area (Å²) < 4.78 is 5.30. The van der Waals surface area contributed by atoms with E-state index in [0.29, 0.717) is 24.0 Å². The van der Waals surface area contributed by atoms with E-state index < -0.39 is 5.63 Å². The highest BCUT2D eigenvalue weighted by Gasteiger charge is 2.47. The molecule has 0 unspecified atom stereocenters. The number of allylic oxidation sites excluding steroid dienone is 2. The van der Waals surface area contributed by atoms with E-state index in [9.17, 15) is 14.4 Å². The molecule has 4 rings (SSSR count). The predicted molar refractivity (Wildman–Crippen MR) is 92.8 cm³/mol. The highest BCUT2D eigenvalue weighted by Crippen LogP contribution is 2.36. The summed E-state index contributed by atoms with van der Waals surface area (Å²) in [6.07, 6.45) is 6.00. The first-order valence-corrected chi connectivity index (χ1v) is 8.64. The second-order valence-electron chi connectivity index (χ2n) is 6.69. The van der Waals surface area contributed by atoms with Crippen molar-refractivity contribution in [2.45, 2.75) is 32.7 Å². The van der Waals surface area contributed by atoms with Gasteiger partial charge in [-0.25, -0.2) is 4.79 Å². The maximum atomic E-state index is 12.6. The van der Waals surface area contributed by atoms with E-state index in [2.05, 4.69) is 0 Å². The first kappa shape index (κ1) is 15.8. The number of aryl methyl sites for hydroxylation is 1. The third-order valence-electron chi connectivity index (χ3n) is 5.23. The third-order valence-corrected chi connectivity index (χ3v) is 5.23. The second kappa shape index (κ2) is 5.99. The lowest BCUT2D eigenvalue weighted by atomic mass is 9.85. The largest absolute Gasteiger partial charge is 0.423 e. The lowest BCUT2D eigenvalue weighted by Crippen LogP contribution is -2.31. The van der Waals surface area contributed by atoms with Crippen LogP contribution < -0.4 is 5.63 Å². The van der Waals surface area contributed by atoms with E-state index in [1.165, 1.54) is 11.0 Å². The molecule has 5 heteroatoms. The Morgan fingerprint density at radius 3 is 2.36 bits per heavy atom. The minimum atomic E-state index is -0.464. The molecule has 1 aromatic heterocycles. The number of likely N-dealkylation sites (tertiary alicyclic amines) is 1. The Bertz CT molecular complexity index is 930. The van der Waals surface area contributed by atoms with Crippen LogP contribution in [0, 0.1) is 11.8 Å². The van der Waals surface area contributed by atoms with Crippen molar-refractivity contribution in [3.8, 4) is 0 Å². The molecular formula is C20H19NO4. The second-order valence-corrected chi connectivity index (χ2v) is 6.69. The van der Waals surface area contributed by atoms with Crippen molar-refractivity contribution in [2.24, 2.45) is 11.8 Å². The quantitative estimate of drug-likeness (QED) is 0.491. The minimum Gasteiger partial charge on any atom is -0.423 e. The van der Waals surface area contributed by atoms with Crippen LogP contribution in [0.4, 0.5) is 0 Å². The molecule has 1 saturated heterocycles. The van der Waals surface area contributed by atoms with Gasteiger partial charge in [0, 0.05) is 11.5 Å². The Hall–Kier alpha value is -2.69. The van der Waals surface area contributed by atoms with Crippen molar-refractivity contribution >= 4 is 22.8 Å². The van der Waals surface area contributed by atoms with Crippen molar-refractivity contribution in [3.63, 3.8) is 0 Å². The fourth-order valence-electron chi connectivity index (χ4n) is 3.82. The van der Waals surface area contributed by atoms with Crippen LogP contribution in [0.1, 0.15) is 30.9 Å². The maximum Gasteiger partial charge on any atom is 0.336 e. The molecule has 2 aromatic rings. The van der Waals surface area contributed by atoms with E-state index in [0.717, 1.165) is 17.4 Å². The zero-order chi connectivity index (χ0) is 17.6. The topological polar surface area (TPSA) is 67.6 Å². The molecule has 2 aliphatic rings. The Balaban J connectivity index is 1.72. The van der Waals surface area contributed by atoms with Crippen LogP contribution in [0.5, 0.6) is 0 Å². The number of rotatable bonds is 3. The summed E-state index contributed by atoms with van der Waals surface area (Å²) in [5.74, 6) is -0.775. The number of carbonyl (C=O) groups is 2. The van der Waals surface area contributed by atoms with Gasteiger partial charge in [0.1, 0.15) is 5.58 Å². The summed E-state index contributed by atoms with van der Waals surface area (Å²) in [6.45, 7) is 2.15. The molecule has 1 aromatic carbocycles. The van der Waals surface area contributed by atoms with E-state index in [1.54, 1.807) is 0 Å². The van der Waals surface area contributed by atoms with Crippen LogP contribution in [-0.2, 0) is 22.6 Å². The Morgan fingerprint density at radius 1 is 1.04 bits per heavy atom. The predicted octanol–water partition coefficient (Wildman–Crippen LogP) is 2.81. The van der Waals surface area contributed by atoms with E-state index in [1.807, 2.05) is 37.3 Å². The Labute approximate surface area is 144 Å². The molecule has 2 atom stereocenters. The van der Waals surface area contributed by atoms with Gasteiger partial charge < -0.3 is 4.42 Å². The lowest BCUT2D eigenvalue weighted by molar-refractivity contribution is -0.140. The molecule has 1 aliphatic heterocycles. The molecule has 128 valence electrons. The molecular weight excluding hydrogens is 318 g/mol. The van der Waals surface area contributed by atoms with Gasteiger partial charge in [-0.2, -0.15) is 0 Å². The summed E-state index contributed by atoms with van der Waals surface area (Å²) in [5, 5.41) is 0.769. The number of hydrogen-bond donors (Lipinski definition) is 0. The zero-order valence-electron chi connectivity index (χ0n) is 14.0. The molecule has 25 heavy (non-hydrogen) atoms. The highest BCUT2D eigenvalue weighted by atomic mass is 16.4. The first-order valence-electron chi connectivity index (χ1n) is 8.64. The SMILES string of the molecule is CCc1ccc2c(CN3C(=O)[C@H]4CC=CC[C@@H]4C3=O)cc(=O)oc2c1. The molecule has 0 spiro atoms. The number of fused-ring (bicyclic) bond motifs is 2. The number of imide groups is 1. The minimum absolute atomic E-state index is 0.123. The maximum absolute atomic E-state index is 12.6. The molecule has 1 aliphatic carbocycles. The smallest absolute Gasteiger partial charge is 0.336 e. The summed E-state index contributed by atoms with van der Waals surface area (Å²) >= 11 is 0. The molecule has 0 radical (unpaired) electrons. The molecule has 0 N–H and O–H groups in total. The van der Waals surface area contributed by atoms with Gasteiger partial charge in [0.2, 0.25) is 11.8 Å². The van der Waals surface area contributed by atoms with Gasteiger partial charge >= 0.3 is 5.63 Å². The van der Waals surface area contributed by atoms with Gasteiger partial charge in [-0.1, -0.05) is 31.2 Å². The van der Waals surface area contributed by atoms with E-state index >= 15 is 0 Å². The van der Waals surface area contributed by atoms with Crippen LogP contribution in [0.15, 0.2) is 45.6 Å². The molecule has 1 fully saturated rings. The monoisotopic (exact) mass is 337 g/mol. The van der Waals surface area contributed by atoms with Gasteiger partial charge in [0.25, 0.3) is 0 Å². The van der Waals surface area contributed by atoms with Gasteiger partial charge in [-0.3, -0.25) is 14.5 Å². The first-order chi connectivity index (χ1) is 12.1. The lowest BCUT2D eigenvalue weighted by Gasteiger charge is -2.16.